The number of aromatic nitrogens is 2. The van der Waals surface area contributed by atoms with Gasteiger partial charge in [-0.05, 0) is 32.6 Å². The highest BCUT2D eigenvalue weighted by molar-refractivity contribution is 5.02. The maximum Gasteiger partial charge on any atom is 0.328 e. The summed E-state index contributed by atoms with van der Waals surface area (Å²) in [5.74, 6) is 0. The van der Waals surface area contributed by atoms with Gasteiger partial charge in [-0.3, -0.25) is 9.13 Å². The van der Waals surface area contributed by atoms with Crippen LogP contribution in [0.25, 0.3) is 0 Å². The summed E-state index contributed by atoms with van der Waals surface area (Å²) in [5.41, 5.74) is 1.43. The Morgan fingerprint density at radius 1 is 0.895 bits per heavy atom. The van der Waals surface area contributed by atoms with Crippen LogP contribution in [0.3, 0.4) is 0 Å². The van der Waals surface area contributed by atoms with E-state index < -0.39 is 0 Å². The van der Waals surface area contributed by atoms with Crippen molar-refractivity contribution in [3.05, 3.63) is 22.4 Å². The van der Waals surface area contributed by atoms with Crippen LogP contribution < -0.4 is 5.69 Å². The average Bonchev–Trinajstić information content (AvgIpc) is 2.76. The van der Waals surface area contributed by atoms with Crippen molar-refractivity contribution in [2.24, 2.45) is 0 Å². The van der Waals surface area contributed by atoms with Crippen molar-refractivity contribution in [1.29, 1.82) is 0 Å². The molecule has 3 rings (SSSR count). The average molecular weight is 262 g/mol. The SMILES string of the molecule is Cc1cn(C2CCCCC2)c(=O)n1C1CCCCC1. The number of imidazole rings is 1. The van der Waals surface area contributed by atoms with Gasteiger partial charge in [0.15, 0.2) is 0 Å². The molecule has 0 unspecified atom stereocenters. The molecule has 1 aromatic rings. The summed E-state index contributed by atoms with van der Waals surface area (Å²) >= 11 is 0. The number of hydrogen-bond acceptors (Lipinski definition) is 1. The van der Waals surface area contributed by atoms with Crippen LogP contribution >= 0.6 is 0 Å². The van der Waals surface area contributed by atoms with Crippen LogP contribution in [0.1, 0.15) is 82.0 Å². The summed E-state index contributed by atoms with van der Waals surface area (Å²) in [6.07, 6.45) is 14.7. The first-order valence-corrected chi connectivity index (χ1v) is 8.07. The quantitative estimate of drug-likeness (QED) is 0.792. The van der Waals surface area contributed by atoms with Crippen molar-refractivity contribution < 1.29 is 0 Å². The molecule has 0 spiro atoms. The lowest BCUT2D eigenvalue weighted by Gasteiger charge is -2.24. The Hall–Kier alpha value is -0.990. The number of nitrogens with zero attached hydrogens (tertiary/aromatic N) is 2. The summed E-state index contributed by atoms with van der Waals surface area (Å²) < 4.78 is 4.14. The first-order valence-electron chi connectivity index (χ1n) is 8.07. The van der Waals surface area contributed by atoms with Crippen molar-refractivity contribution in [3.8, 4) is 0 Å². The number of rotatable bonds is 2. The molecule has 3 nitrogen and oxygen atoms in total. The third-order valence-electron chi connectivity index (χ3n) is 5.04. The number of hydrogen-bond donors (Lipinski definition) is 0. The van der Waals surface area contributed by atoms with E-state index in [0.717, 1.165) is 0 Å². The lowest BCUT2D eigenvalue weighted by atomic mass is 9.95. The summed E-state index contributed by atoms with van der Waals surface area (Å²) in [6, 6.07) is 0.927. The van der Waals surface area contributed by atoms with Crippen molar-refractivity contribution in [1.82, 2.24) is 9.13 Å². The van der Waals surface area contributed by atoms with Gasteiger partial charge in [0.2, 0.25) is 0 Å². The van der Waals surface area contributed by atoms with Crippen LogP contribution in [-0.4, -0.2) is 9.13 Å². The molecule has 0 saturated heterocycles. The minimum Gasteiger partial charge on any atom is -0.296 e. The molecule has 2 fully saturated rings. The normalized spacial score (nSPS) is 22.8. The Morgan fingerprint density at radius 3 is 2.00 bits per heavy atom. The molecule has 0 amide bonds. The molecule has 0 bridgehead atoms. The molecule has 2 saturated carbocycles. The zero-order chi connectivity index (χ0) is 13.2. The van der Waals surface area contributed by atoms with Crippen LogP contribution in [-0.2, 0) is 0 Å². The van der Waals surface area contributed by atoms with Crippen LogP contribution in [0, 0.1) is 6.92 Å². The molecule has 0 radical (unpaired) electrons. The maximum atomic E-state index is 12.7. The molecule has 0 atom stereocenters. The Morgan fingerprint density at radius 2 is 1.42 bits per heavy atom. The van der Waals surface area contributed by atoms with E-state index in [0.29, 0.717) is 12.1 Å². The van der Waals surface area contributed by atoms with Crippen molar-refractivity contribution in [3.63, 3.8) is 0 Å². The molecule has 0 aliphatic heterocycles. The molecule has 106 valence electrons. The maximum absolute atomic E-state index is 12.7. The third kappa shape index (κ3) is 2.52. The summed E-state index contributed by atoms with van der Waals surface area (Å²) in [7, 11) is 0. The molecule has 0 N–H and O–H groups in total. The first-order chi connectivity index (χ1) is 9.27. The summed E-state index contributed by atoms with van der Waals surface area (Å²) in [4.78, 5) is 12.7. The van der Waals surface area contributed by atoms with Gasteiger partial charge in [0.05, 0.1) is 0 Å². The van der Waals surface area contributed by atoms with E-state index in [9.17, 15) is 4.79 Å². The molecule has 1 heterocycles. The fourth-order valence-electron chi connectivity index (χ4n) is 4.00. The van der Waals surface area contributed by atoms with Crippen molar-refractivity contribution in [2.75, 3.05) is 0 Å². The molecule has 0 aromatic carbocycles. The minimum absolute atomic E-state index is 0.260. The molecule has 2 aliphatic carbocycles. The fraction of sp³-hybridized carbons (Fsp3) is 0.812. The molecule has 3 heteroatoms. The molecular formula is C16H26N2O. The molecule has 19 heavy (non-hydrogen) atoms. The second-order valence-corrected chi connectivity index (χ2v) is 6.41. The van der Waals surface area contributed by atoms with E-state index in [1.54, 1.807) is 0 Å². The predicted molar refractivity (Wildman–Crippen MR) is 77.7 cm³/mol. The van der Waals surface area contributed by atoms with Crippen molar-refractivity contribution >= 4 is 0 Å². The van der Waals surface area contributed by atoms with Gasteiger partial charge in [-0.1, -0.05) is 38.5 Å². The molecule has 2 aliphatic rings. The van der Waals surface area contributed by atoms with Crippen LogP contribution in [0.4, 0.5) is 0 Å². The van der Waals surface area contributed by atoms with E-state index in [1.807, 2.05) is 4.57 Å². The van der Waals surface area contributed by atoms with E-state index in [4.69, 9.17) is 0 Å². The van der Waals surface area contributed by atoms with Gasteiger partial charge in [-0.25, -0.2) is 4.79 Å². The first kappa shape index (κ1) is 13.0. The van der Waals surface area contributed by atoms with E-state index in [-0.39, 0.29) is 5.69 Å². The third-order valence-corrected chi connectivity index (χ3v) is 5.04. The van der Waals surface area contributed by atoms with E-state index >= 15 is 0 Å². The minimum atomic E-state index is 0.260. The Labute approximate surface area is 115 Å². The summed E-state index contributed by atoms with van der Waals surface area (Å²) in [5, 5.41) is 0. The topological polar surface area (TPSA) is 26.9 Å². The van der Waals surface area contributed by atoms with Gasteiger partial charge in [0, 0.05) is 24.0 Å². The highest BCUT2D eigenvalue weighted by Crippen LogP contribution is 2.30. The Balaban J connectivity index is 1.88. The van der Waals surface area contributed by atoms with Crippen LogP contribution in [0.15, 0.2) is 11.0 Å². The molecular weight excluding hydrogens is 236 g/mol. The highest BCUT2D eigenvalue weighted by atomic mass is 16.1. The van der Waals surface area contributed by atoms with Gasteiger partial charge in [-0.2, -0.15) is 0 Å². The van der Waals surface area contributed by atoms with Crippen LogP contribution in [0.5, 0.6) is 0 Å². The van der Waals surface area contributed by atoms with Gasteiger partial charge >= 0.3 is 5.69 Å². The largest absolute Gasteiger partial charge is 0.328 e. The van der Waals surface area contributed by atoms with Gasteiger partial charge in [0.1, 0.15) is 0 Å². The predicted octanol–water partition coefficient (Wildman–Crippen LogP) is 3.97. The molecule has 1 aromatic heterocycles. The zero-order valence-electron chi connectivity index (χ0n) is 12.1. The van der Waals surface area contributed by atoms with Gasteiger partial charge < -0.3 is 0 Å². The Bertz CT molecular complexity index is 473. The van der Waals surface area contributed by atoms with Gasteiger partial charge in [-0.15, -0.1) is 0 Å². The standard InChI is InChI=1S/C16H26N2O/c1-13-12-17(14-8-4-2-5-9-14)16(19)18(13)15-10-6-3-7-11-15/h12,14-15H,2-11H2,1H3. The van der Waals surface area contributed by atoms with E-state index in [2.05, 4.69) is 17.7 Å². The lowest BCUT2D eigenvalue weighted by molar-refractivity contribution is 0.319. The second-order valence-electron chi connectivity index (χ2n) is 6.41. The Kier molecular flexibility index (Phi) is 3.81. The van der Waals surface area contributed by atoms with Crippen LogP contribution in [0.2, 0.25) is 0 Å². The summed E-state index contributed by atoms with van der Waals surface area (Å²) in [6.45, 7) is 2.11. The monoisotopic (exact) mass is 262 g/mol. The van der Waals surface area contributed by atoms with Gasteiger partial charge in [0.25, 0.3) is 0 Å². The second kappa shape index (κ2) is 5.56. The highest BCUT2D eigenvalue weighted by Gasteiger charge is 2.23. The fourth-order valence-corrected chi connectivity index (χ4v) is 4.00. The zero-order valence-corrected chi connectivity index (χ0v) is 12.1. The smallest absolute Gasteiger partial charge is 0.296 e. The van der Waals surface area contributed by atoms with E-state index in [1.165, 1.54) is 69.9 Å². The number of aryl methyl sites for hydroxylation is 1. The van der Waals surface area contributed by atoms with Crippen molar-refractivity contribution in [2.45, 2.75) is 83.2 Å². The lowest BCUT2D eigenvalue weighted by Crippen LogP contribution is -2.31.